The summed E-state index contributed by atoms with van der Waals surface area (Å²) >= 11 is 0. The number of anilines is 1. The van der Waals surface area contributed by atoms with E-state index in [0.29, 0.717) is 37.2 Å². The van der Waals surface area contributed by atoms with Gasteiger partial charge in [0.05, 0.1) is 11.7 Å². The van der Waals surface area contributed by atoms with Crippen LogP contribution in [-0.2, 0) is 5.41 Å². The van der Waals surface area contributed by atoms with Gasteiger partial charge in [-0.05, 0) is 68.1 Å². The zero-order valence-corrected chi connectivity index (χ0v) is 21.1. The summed E-state index contributed by atoms with van der Waals surface area (Å²) in [6.45, 7) is 1.97. The molecule has 1 saturated heterocycles. The topological polar surface area (TPSA) is 91.5 Å². The number of nitrogens with one attached hydrogen (secondary N) is 1. The summed E-state index contributed by atoms with van der Waals surface area (Å²) in [5.41, 5.74) is 9.70. The molecule has 0 radical (unpaired) electrons. The predicted octanol–water partition coefficient (Wildman–Crippen LogP) is 4.52. The van der Waals surface area contributed by atoms with E-state index in [9.17, 15) is 18.7 Å². The fourth-order valence-corrected chi connectivity index (χ4v) is 6.93. The Balaban J connectivity index is 1.13. The Kier molecular flexibility index (Phi) is 6.23. The molecule has 2 atom stereocenters. The van der Waals surface area contributed by atoms with Gasteiger partial charge in [-0.1, -0.05) is 24.3 Å². The molecule has 1 aromatic heterocycles. The Morgan fingerprint density at radius 3 is 2.46 bits per heavy atom. The second-order valence-electron chi connectivity index (χ2n) is 11.8. The zero-order valence-electron chi connectivity index (χ0n) is 21.1. The van der Waals surface area contributed by atoms with E-state index in [1.165, 1.54) is 5.56 Å². The molecule has 8 heteroatoms. The first-order valence-electron chi connectivity index (χ1n) is 13.7. The van der Waals surface area contributed by atoms with E-state index in [1.807, 2.05) is 0 Å². The number of carbonyl (C=O) groups is 1. The molecule has 6 nitrogen and oxygen atoms in total. The van der Waals surface area contributed by atoms with Crippen LogP contribution in [0.2, 0.25) is 0 Å². The van der Waals surface area contributed by atoms with Crippen LogP contribution in [0.15, 0.2) is 36.5 Å². The Hall–Kier alpha value is -2.58. The number of nitrogens with two attached hydrogens (primary N) is 1. The smallest absolute Gasteiger partial charge is 0.255 e. The summed E-state index contributed by atoms with van der Waals surface area (Å²) in [7, 11) is 0. The van der Waals surface area contributed by atoms with E-state index in [-0.39, 0.29) is 48.2 Å². The number of amides is 1. The highest BCUT2D eigenvalue weighted by atomic mass is 19.3. The summed E-state index contributed by atoms with van der Waals surface area (Å²) in [6.07, 6.45) is 6.72. The molecule has 4 N–H and O–H groups in total. The normalized spacial score (nSPS) is 31.6. The molecule has 0 unspecified atom stereocenters. The zero-order chi connectivity index (χ0) is 25.8. The number of fused-ring (bicyclic) bond motifs is 1. The van der Waals surface area contributed by atoms with Gasteiger partial charge in [-0.15, -0.1) is 0 Å². The number of halogens is 2. The van der Waals surface area contributed by atoms with Crippen molar-refractivity contribution >= 4 is 11.7 Å². The fourth-order valence-electron chi connectivity index (χ4n) is 6.93. The summed E-state index contributed by atoms with van der Waals surface area (Å²) in [6, 6.07) is 10.7. The van der Waals surface area contributed by atoms with Crippen molar-refractivity contribution in [3.63, 3.8) is 0 Å². The van der Waals surface area contributed by atoms with Crippen LogP contribution in [0.4, 0.5) is 14.6 Å². The van der Waals surface area contributed by atoms with Crippen LogP contribution in [0.25, 0.3) is 11.1 Å². The van der Waals surface area contributed by atoms with Crippen molar-refractivity contribution in [2.45, 2.75) is 87.3 Å². The lowest BCUT2D eigenvalue weighted by molar-refractivity contribution is -0.0526. The lowest BCUT2D eigenvalue weighted by Gasteiger charge is -2.36. The molecule has 1 aliphatic heterocycles. The molecule has 1 aromatic carbocycles. The highest BCUT2D eigenvalue weighted by molar-refractivity contribution is 5.99. The summed E-state index contributed by atoms with van der Waals surface area (Å²) in [5.74, 6) is -1.89. The molecular formula is C29H36F2N4O2. The molecule has 0 bridgehead atoms. The largest absolute Gasteiger partial charge is 0.393 e. The van der Waals surface area contributed by atoms with Gasteiger partial charge in [0.2, 0.25) is 5.92 Å². The molecule has 4 aliphatic rings. The number of hydrogen-bond acceptors (Lipinski definition) is 5. The number of alkyl halides is 2. The van der Waals surface area contributed by atoms with Crippen molar-refractivity contribution in [2.24, 2.45) is 5.92 Å². The molecule has 37 heavy (non-hydrogen) atoms. The Morgan fingerprint density at radius 1 is 1.05 bits per heavy atom. The minimum absolute atomic E-state index is 0.0138. The first-order chi connectivity index (χ1) is 17.7. The first-order valence-corrected chi connectivity index (χ1v) is 13.7. The third-order valence-corrected chi connectivity index (χ3v) is 9.36. The minimum atomic E-state index is -2.48. The van der Waals surface area contributed by atoms with Crippen LogP contribution < -0.4 is 11.1 Å². The molecule has 198 valence electrons. The maximum atomic E-state index is 13.6. The second-order valence-corrected chi connectivity index (χ2v) is 11.8. The Labute approximate surface area is 216 Å². The van der Waals surface area contributed by atoms with Gasteiger partial charge in [0, 0.05) is 55.2 Å². The van der Waals surface area contributed by atoms with Crippen molar-refractivity contribution in [1.82, 2.24) is 15.2 Å². The molecule has 6 rings (SSSR count). The van der Waals surface area contributed by atoms with Gasteiger partial charge >= 0.3 is 0 Å². The second kappa shape index (κ2) is 9.31. The van der Waals surface area contributed by atoms with Crippen molar-refractivity contribution < 1.29 is 18.7 Å². The number of piperidine rings is 1. The van der Waals surface area contributed by atoms with Crippen molar-refractivity contribution in [3.8, 4) is 11.1 Å². The molecule has 2 heterocycles. The van der Waals surface area contributed by atoms with E-state index < -0.39 is 5.92 Å². The number of nitrogen functional groups attached to an aromatic ring is 1. The SMILES string of the molecule is Nc1ncc(-c2ccc([C@@]34C[C@@H]3CN(C3CCC(F)(F)CC3)C4)cc2)cc1C(=O)N[C@H]1CC[C@H](O)CC1. The number of nitrogens with zero attached hydrogens (tertiary/aromatic N) is 2. The average Bonchev–Trinajstić information content (AvgIpc) is 3.46. The number of rotatable bonds is 5. The molecule has 4 fully saturated rings. The fraction of sp³-hybridized carbons (Fsp3) is 0.586. The minimum Gasteiger partial charge on any atom is -0.393 e. The van der Waals surface area contributed by atoms with Crippen molar-refractivity contribution in [3.05, 3.63) is 47.7 Å². The summed E-state index contributed by atoms with van der Waals surface area (Å²) in [5, 5.41) is 12.8. The molecular weight excluding hydrogens is 474 g/mol. The molecule has 3 saturated carbocycles. The maximum absolute atomic E-state index is 13.6. The first kappa shape index (κ1) is 24.7. The number of hydrogen-bond donors (Lipinski definition) is 3. The third-order valence-electron chi connectivity index (χ3n) is 9.36. The molecule has 2 aromatic rings. The van der Waals surface area contributed by atoms with E-state index in [4.69, 9.17) is 5.73 Å². The highest BCUT2D eigenvalue weighted by Gasteiger charge is 2.61. The Morgan fingerprint density at radius 2 is 1.76 bits per heavy atom. The van der Waals surface area contributed by atoms with Crippen LogP contribution >= 0.6 is 0 Å². The average molecular weight is 511 g/mol. The van der Waals surface area contributed by atoms with Crippen LogP contribution in [0.5, 0.6) is 0 Å². The number of benzene rings is 1. The van der Waals surface area contributed by atoms with Crippen LogP contribution in [0.1, 0.15) is 73.7 Å². The Bertz CT molecular complexity index is 1150. The van der Waals surface area contributed by atoms with Crippen molar-refractivity contribution in [1.29, 1.82) is 0 Å². The van der Waals surface area contributed by atoms with E-state index in [0.717, 1.165) is 43.5 Å². The van der Waals surface area contributed by atoms with Gasteiger partial charge in [0.1, 0.15) is 5.82 Å². The molecule has 1 amide bonds. The third kappa shape index (κ3) is 4.86. The van der Waals surface area contributed by atoms with Crippen molar-refractivity contribution in [2.75, 3.05) is 18.8 Å². The quantitative estimate of drug-likeness (QED) is 0.550. The monoisotopic (exact) mass is 510 g/mol. The number of aliphatic hydroxyl groups is 1. The number of likely N-dealkylation sites (tertiary alicyclic amines) is 1. The van der Waals surface area contributed by atoms with Gasteiger partial charge in [-0.25, -0.2) is 13.8 Å². The van der Waals surface area contributed by atoms with Crippen LogP contribution in [0.3, 0.4) is 0 Å². The van der Waals surface area contributed by atoms with Gasteiger partial charge in [-0.3, -0.25) is 9.69 Å². The molecule has 0 spiro atoms. The van der Waals surface area contributed by atoms with Crippen LogP contribution in [-0.4, -0.2) is 58.1 Å². The number of carbonyl (C=O) groups excluding carboxylic acids is 1. The van der Waals surface area contributed by atoms with Gasteiger partial charge in [0.25, 0.3) is 5.91 Å². The summed E-state index contributed by atoms with van der Waals surface area (Å²) in [4.78, 5) is 19.7. The predicted molar refractivity (Wildman–Crippen MR) is 138 cm³/mol. The number of pyridine rings is 1. The lowest BCUT2D eigenvalue weighted by atomic mass is 9.90. The summed E-state index contributed by atoms with van der Waals surface area (Å²) < 4.78 is 27.2. The van der Waals surface area contributed by atoms with E-state index in [2.05, 4.69) is 39.5 Å². The van der Waals surface area contributed by atoms with Crippen LogP contribution in [0, 0.1) is 5.92 Å². The van der Waals surface area contributed by atoms with Gasteiger partial charge < -0.3 is 16.2 Å². The molecule has 3 aliphatic carbocycles. The number of aromatic nitrogens is 1. The van der Waals surface area contributed by atoms with E-state index in [1.54, 1.807) is 12.3 Å². The van der Waals surface area contributed by atoms with Gasteiger partial charge in [0.15, 0.2) is 0 Å². The number of aliphatic hydroxyl groups excluding tert-OH is 1. The van der Waals surface area contributed by atoms with Gasteiger partial charge in [-0.2, -0.15) is 0 Å². The standard InChI is InChI=1S/C29H36F2N4O2/c30-29(31)11-9-23(10-12-29)35-16-21-14-28(21,17-35)20-3-1-18(2-4-20)19-13-25(26(32)33-15-19)27(37)34-22-5-7-24(36)8-6-22/h1-4,13,15,21-24,36H,5-12,14,16-17H2,(H2,32,33)(H,34,37)/t21-,22-,24-,28+/m1/s1. The highest BCUT2D eigenvalue weighted by Crippen LogP contribution is 2.60. The maximum Gasteiger partial charge on any atom is 0.255 e. The lowest BCUT2D eigenvalue weighted by Crippen LogP contribution is -2.41. The van der Waals surface area contributed by atoms with E-state index >= 15 is 0 Å².